The Morgan fingerprint density at radius 1 is 1.21 bits per heavy atom. The summed E-state index contributed by atoms with van der Waals surface area (Å²) in [5, 5.41) is 6.56. The highest BCUT2D eigenvalue weighted by Gasteiger charge is 2.24. The minimum atomic E-state index is -0.144. The van der Waals surface area contributed by atoms with Crippen LogP contribution >= 0.6 is 11.6 Å². The number of benzene rings is 1. The Bertz CT molecular complexity index is 745. The van der Waals surface area contributed by atoms with Crippen molar-refractivity contribution in [1.29, 1.82) is 0 Å². The SMILES string of the molecule is COc1cc(Nc2ccc(C(=O)NC3CC3)nc2)c(OC)cc1Cl. The molecule has 1 heterocycles. The van der Waals surface area contributed by atoms with Crippen LogP contribution in [0.2, 0.25) is 5.02 Å². The van der Waals surface area contributed by atoms with Crippen LogP contribution in [0.5, 0.6) is 11.5 Å². The number of carbonyl (C=O) groups excluding carboxylic acids is 1. The fourth-order valence-electron chi connectivity index (χ4n) is 2.20. The number of hydrogen-bond acceptors (Lipinski definition) is 5. The van der Waals surface area contributed by atoms with Gasteiger partial charge in [-0.1, -0.05) is 11.6 Å². The molecule has 0 spiro atoms. The van der Waals surface area contributed by atoms with Crippen molar-refractivity contribution in [2.45, 2.75) is 18.9 Å². The molecule has 24 heavy (non-hydrogen) atoms. The summed E-state index contributed by atoms with van der Waals surface area (Å²) in [5.41, 5.74) is 1.81. The molecule has 1 aliphatic rings. The highest BCUT2D eigenvalue weighted by Crippen LogP contribution is 2.37. The molecule has 1 aromatic carbocycles. The van der Waals surface area contributed by atoms with Gasteiger partial charge in [0.1, 0.15) is 17.2 Å². The average molecular weight is 348 g/mol. The molecule has 0 aliphatic heterocycles. The molecule has 126 valence electrons. The minimum Gasteiger partial charge on any atom is -0.495 e. The molecule has 0 atom stereocenters. The van der Waals surface area contributed by atoms with Gasteiger partial charge in [-0.3, -0.25) is 4.79 Å². The molecule has 0 saturated heterocycles. The van der Waals surface area contributed by atoms with Gasteiger partial charge in [-0.15, -0.1) is 0 Å². The monoisotopic (exact) mass is 347 g/mol. The third kappa shape index (κ3) is 3.71. The first-order valence-corrected chi connectivity index (χ1v) is 7.94. The molecule has 6 nitrogen and oxygen atoms in total. The van der Waals surface area contributed by atoms with Crippen molar-refractivity contribution < 1.29 is 14.3 Å². The lowest BCUT2D eigenvalue weighted by Gasteiger charge is -2.14. The molecule has 1 saturated carbocycles. The fraction of sp³-hybridized carbons (Fsp3) is 0.294. The number of nitrogens with zero attached hydrogens (tertiary/aromatic N) is 1. The summed E-state index contributed by atoms with van der Waals surface area (Å²) in [6.07, 6.45) is 3.69. The number of anilines is 2. The standard InChI is InChI=1S/C17H18ClN3O3/c1-23-15-8-14(16(24-2)7-12(15)18)20-11-5-6-13(19-9-11)17(22)21-10-3-4-10/h5-10,20H,3-4H2,1-2H3,(H,21,22). The minimum absolute atomic E-state index is 0.144. The molecule has 1 amide bonds. The van der Waals surface area contributed by atoms with Crippen LogP contribution in [-0.2, 0) is 0 Å². The second-order valence-corrected chi connectivity index (χ2v) is 5.90. The van der Waals surface area contributed by atoms with Crippen LogP contribution in [0.15, 0.2) is 30.5 Å². The number of halogens is 1. The van der Waals surface area contributed by atoms with Crippen molar-refractivity contribution in [1.82, 2.24) is 10.3 Å². The van der Waals surface area contributed by atoms with Gasteiger partial charge in [0.25, 0.3) is 5.91 Å². The Morgan fingerprint density at radius 3 is 2.54 bits per heavy atom. The Morgan fingerprint density at radius 2 is 1.96 bits per heavy atom. The number of methoxy groups -OCH3 is 2. The van der Waals surface area contributed by atoms with Crippen LogP contribution in [0.1, 0.15) is 23.3 Å². The maximum Gasteiger partial charge on any atom is 0.270 e. The van der Waals surface area contributed by atoms with Crippen LogP contribution in [0, 0.1) is 0 Å². The number of nitrogens with one attached hydrogen (secondary N) is 2. The average Bonchev–Trinajstić information content (AvgIpc) is 3.40. The van der Waals surface area contributed by atoms with Gasteiger partial charge in [-0.25, -0.2) is 4.98 Å². The van der Waals surface area contributed by atoms with Crippen molar-refractivity contribution in [3.63, 3.8) is 0 Å². The topological polar surface area (TPSA) is 72.5 Å². The first kappa shape index (κ1) is 16.4. The Hall–Kier alpha value is -2.47. The summed E-state index contributed by atoms with van der Waals surface area (Å²) in [6.45, 7) is 0. The highest BCUT2D eigenvalue weighted by molar-refractivity contribution is 6.32. The summed E-state index contributed by atoms with van der Waals surface area (Å²) in [6, 6.07) is 7.19. The molecule has 2 aromatic rings. The van der Waals surface area contributed by atoms with Gasteiger partial charge in [0.2, 0.25) is 0 Å². The molecule has 2 N–H and O–H groups in total. The van der Waals surface area contributed by atoms with Gasteiger partial charge in [-0.2, -0.15) is 0 Å². The normalized spacial score (nSPS) is 13.3. The maximum absolute atomic E-state index is 11.9. The van der Waals surface area contributed by atoms with Gasteiger partial charge < -0.3 is 20.1 Å². The van der Waals surface area contributed by atoms with Crippen molar-refractivity contribution in [2.75, 3.05) is 19.5 Å². The fourth-order valence-corrected chi connectivity index (χ4v) is 2.43. The van der Waals surface area contributed by atoms with E-state index in [0.29, 0.717) is 33.9 Å². The van der Waals surface area contributed by atoms with Gasteiger partial charge in [0, 0.05) is 18.2 Å². The lowest BCUT2D eigenvalue weighted by atomic mass is 10.2. The molecule has 0 bridgehead atoms. The summed E-state index contributed by atoms with van der Waals surface area (Å²) in [5.74, 6) is 0.972. The van der Waals surface area contributed by atoms with E-state index in [1.165, 1.54) is 0 Å². The zero-order valence-electron chi connectivity index (χ0n) is 13.4. The van der Waals surface area contributed by atoms with Gasteiger partial charge in [-0.05, 0) is 25.0 Å². The van der Waals surface area contributed by atoms with E-state index in [1.807, 2.05) is 0 Å². The molecular weight excluding hydrogens is 330 g/mol. The third-order valence-corrected chi connectivity index (χ3v) is 3.96. The van der Waals surface area contributed by atoms with Crippen LogP contribution in [0.3, 0.4) is 0 Å². The molecule has 1 aliphatic carbocycles. The smallest absolute Gasteiger partial charge is 0.270 e. The molecular formula is C17H18ClN3O3. The van der Waals surface area contributed by atoms with Crippen LogP contribution in [-0.4, -0.2) is 31.2 Å². The molecule has 0 radical (unpaired) electrons. The van der Waals surface area contributed by atoms with Crippen LogP contribution < -0.4 is 20.1 Å². The summed E-state index contributed by atoms with van der Waals surface area (Å²) in [4.78, 5) is 16.1. The van der Waals surface area contributed by atoms with Crippen molar-refractivity contribution in [2.24, 2.45) is 0 Å². The zero-order chi connectivity index (χ0) is 17.1. The van der Waals surface area contributed by atoms with E-state index in [1.54, 1.807) is 44.7 Å². The van der Waals surface area contributed by atoms with Gasteiger partial charge in [0.05, 0.1) is 36.8 Å². The Kier molecular flexibility index (Phi) is 4.76. The van der Waals surface area contributed by atoms with E-state index in [0.717, 1.165) is 18.5 Å². The second kappa shape index (κ2) is 6.97. The van der Waals surface area contributed by atoms with Crippen LogP contribution in [0.4, 0.5) is 11.4 Å². The van der Waals surface area contributed by atoms with Crippen LogP contribution in [0.25, 0.3) is 0 Å². The van der Waals surface area contributed by atoms with Gasteiger partial charge >= 0.3 is 0 Å². The Balaban J connectivity index is 1.76. The van der Waals surface area contributed by atoms with Crippen molar-refractivity contribution in [3.8, 4) is 11.5 Å². The number of pyridine rings is 1. The largest absolute Gasteiger partial charge is 0.495 e. The molecule has 7 heteroatoms. The van der Waals surface area contributed by atoms with Crippen molar-refractivity contribution >= 4 is 28.9 Å². The number of hydrogen-bond donors (Lipinski definition) is 2. The first-order valence-electron chi connectivity index (χ1n) is 7.56. The predicted molar refractivity (Wildman–Crippen MR) is 92.6 cm³/mol. The van der Waals surface area contributed by atoms with E-state index in [-0.39, 0.29) is 5.91 Å². The van der Waals surface area contributed by atoms with E-state index in [2.05, 4.69) is 15.6 Å². The molecule has 1 aromatic heterocycles. The second-order valence-electron chi connectivity index (χ2n) is 5.49. The number of amides is 1. The number of carbonyl (C=O) groups is 1. The summed E-state index contributed by atoms with van der Waals surface area (Å²) >= 11 is 6.10. The van der Waals surface area contributed by atoms with Gasteiger partial charge in [0.15, 0.2) is 0 Å². The first-order chi connectivity index (χ1) is 11.6. The number of aromatic nitrogens is 1. The third-order valence-electron chi connectivity index (χ3n) is 3.66. The van der Waals surface area contributed by atoms with Crippen molar-refractivity contribution in [3.05, 3.63) is 41.2 Å². The highest BCUT2D eigenvalue weighted by atomic mass is 35.5. The molecule has 3 rings (SSSR count). The lowest BCUT2D eigenvalue weighted by Crippen LogP contribution is -2.26. The predicted octanol–water partition coefficient (Wildman–Crippen LogP) is 3.39. The zero-order valence-corrected chi connectivity index (χ0v) is 14.2. The summed E-state index contributed by atoms with van der Waals surface area (Å²) < 4.78 is 10.5. The van der Waals surface area contributed by atoms with E-state index in [9.17, 15) is 4.79 Å². The number of ether oxygens (including phenoxy) is 2. The Labute approximate surface area is 145 Å². The quantitative estimate of drug-likeness (QED) is 0.838. The number of rotatable bonds is 6. The molecule has 1 fully saturated rings. The lowest BCUT2D eigenvalue weighted by molar-refractivity contribution is 0.0946. The summed E-state index contributed by atoms with van der Waals surface area (Å²) in [7, 11) is 3.11. The van der Waals surface area contributed by atoms with E-state index >= 15 is 0 Å². The van der Waals surface area contributed by atoms with E-state index in [4.69, 9.17) is 21.1 Å². The molecule has 0 unspecified atom stereocenters. The maximum atomic E-state index is 11.9. The van der Waals surface area contributed by atoms with E-state index < -0.39 is 0 Å².